The van der Waals surface area contributed by atoms with E-state index in [1.54, 1.807) is 0 Å². The molecule has 0 aliphatic heterocycles. The Kier molecular flexibility index (Phi) is 4.35. The third-order valence-electron chi connectivity index (χ3n) is 1.83. The van der Waals surface area contributed by atoms with Crippen LogP contribution in [0, 0.1) is 5.82 Å². The SMILES string of the molecule is NC(N)=NC(N)=Nc1ccc(Br)c(C(F)(F)F)c1F. The summed E-state index contributed by atoms with van der Waals surface area (Å²) >= 11 is 2.62. The second-order valence-corrected chi connectivity index (χ2v) is 4.11. The molecular weight excluding hydrogens is 334 g/mol. The van der Waals surface area contributed by atoms with E-state index in [1.165, 1.54) is 0 Å². The zero-order valence-electron chi connectivity index (χ0n) is 9.17. The van der Waals surface area contributed by atoms with Crippen LogP contribution in [0.25, 0.3) is 0 Å². The highest BCUT2D eigenvalue weighted by Crippen LogP contribution is 2.39. The summed E-state index contributed by atoms with van der Waals surface area (Å²) in [4.78, 5) is 6.63. The van der Waals surface area contributed by atoms with Crippen LogP contribution in [0.2, 0.25) is 0 Å². The van der Waals surface area contributed by atoms with Crippen LogP contribution in [0.1, 0.15) is 5.56 Å². The Bertz CT molecular complexity index is 548. The number of guanidine groups is 2. The average molecular weight is 342 g/mol. The van der Waals surface area contributed by atoms with E-state index in [4.69, 9.17) is 17.2 Å². The van der Waals surface area contributed by atoms with E-state index in [2.05, 4.69) is 25.9 Å². The number of aliphatic imine (C=N–C) groups is 2. The highest BCUT2D eigenvalue weighted by Gasteiger charge is 2.37. The summed E-state index contributed by atoms with van der Waals surface area (Å²) in [7, 11) is 0. The van der Waals surface area contributed by atoms with Gasteiger partial charge in [-0.25, -0.2) is 9.38 Å². The molecule has 0 aliphatic carbocycles. The normalized spacial score (nSPS) is 12.4. The molecule has 1 aromatic carbocycles. The maximum Gasteiger partial charge on any atom is 0.420 e. The molecule has 0 aromatic heterocycles. The van der Waals surface area contributed by atoms with Crippen molar-refractivity contribution in [3.8, 4) is 0 Å². The average Bonchev–Trinajstić information content (AvgIpc) is 2.19. The highest BCUT2D eigenvalue weighted by atomic mass is 79.9. The van der Waals surface area contributed by atoms with Crippen molar-refractivity contribution in [2.24, 2.45) is 27.2 Å². The fraction of sp³-hybridized carbons (Fsp3) is 0.111. The number of alkyl halides is 3. The summed E-state index contributed by atoms with van der Waals surface area (Å²) in [5.74, 6) is -2.58. The zero-order chi connectivity index (χ0) is 14.8. The van der Waals surface area contributed by atoms with Gasteiger partial charge in [-0.3, -0.25) is 0 Å². The van der Waals surface area contributed by atoms with Crippen molar-refractivity contribution >= 4 is 33.5 Å². The lowest BCUT2D eigenvalue weighted by atomic mass is 10.2. The maximum atomic E-state index is 13.7. The molecule has 0 aliphatic rings. The number of nitrogens with two attached hydrogens (primary N) is 3. The molecule has 0 radical (unpaired) electrons. The van der Waals surface area contributed by atoms with Gasteiger partial charge in [0.1, 0.15) is 11.3 Å². The van der Waals surface area contributed by atoms with E-state index < -0.39 is 39.6 Å². The third kappa shape index (κ3) is 3.81. The summed E-state index contributed by atoms with van der Waals surface area (Å²) in [6.07, 6.45) is -4.88. The van der Waals surface area contributed by atoms with Crippen LogP contribution >= 0.6 is 15.9 Å². The minimum atomic E-state index is -4.88. The molecule has 0 saturated heterocycles. The molecule has 6 N–H and O–H groups in total. The van der Waals surface area contributed by atoms with Crippen LogP contribution in [0.15, 0.2) is 26.6 Å². The van der Waals surface area contributed by atoms with Gasteiger partial charge in [0.05, 0.1) is 0 Å². The number of nitrogens with zero attached hydrogens (tertiary/aromatic N) is 2. The lowest BCUT2D eigenvalue weighted by molar-refractivity contribution is -0.140. The number of benzene rings is 1. The quantitative estimate of drug-likeness (QED) is 0.412. The van der Waals surface area contributed by atoms with Crippen molar-refractivity contribution in [3.63, 3.8) is 0 Å². The van der Waals surface area contributed by atoms with Crippen LogP contribution in [-0.4, -0.2) is 11.9 Å². The molecule has 5 nitrogen and oxygen atoms in total. The van der Waals surface area contributed by atoms with Gasteiger partial charge in [-0.1, -0.05) is 15.9 Å². The molecule has 1 aromatic rings. The van der Waals surface area contributed by atoms with Crippen LogP contribution in [0.5, 0.6) is 0 Å². The summed E-state index contributed by atoms with van der Waals surface area (Å²) in [6, 6.07) is 2.00. The summed E-state index contributed by atoms with van der Waals surface area (Å²) in [5, 5.41) is 0. The van der Waals surface area contributed by atoms with E-state index in [0.717, 1.165) is 12.1 Å². The largest absolute Gasteiger partial charge is 0.420 e. The Balaban J connectivity index is 3.38. The second-order valence-electron chi connectivity index (χ2n) is 3.26. The van der Waals surface area contributed by atoms with Gasteiger partial charge in [0.25, 0.3) is 0 Å². The summed E-state index contributed by atoms with van der Waals surface area (Å²) in [6.45, 7) is 0. The number of hydrogen-bond acceptors (Lipinski definition) is 1. The van der Waals surface area contributed by atoms with Crippen molar-refractivity contribution in [2.75, 3.05) is 0 Å². The molecule has 104 valence electrons. The topological polar surface area (TPSA) is 103 Å². The minimum Gasteiger partial charge on any atom is -0.370 e. The monoisotopic (exact) mass is 341 g/mol. The van der Waals surface area contributed by atoms with Crippen LogP contribution in [0.4, 0.5) is 23.2 Å². The van der Waals surface area contributed by atoms with Gasteiger partial charge in [-0.05, 0) is 12.1 Å². The highest BCUT2D eigenvalue weighted by molar-refractivity contribution is 9.10. The number of hydrogen-bond donors (Lipinski definition) is 3. The van der Waals surface area contributed by atoms with Crippen molar-refractivity contribution < 1.29 is 17.6 Å². The van der Waals surface area contributed by atoms with Gasteiger partial charge in [0.15, 0.2) is 11.8 Å². The van der Waals surface area contributed by atoms with Crippen molar-refractivity contribution in [1.82, 2.24) is 0 Å². The molecule has 0 fully saturated rings. The molecule has 0 unspecified atom stereocenters. The number of rotatable bonds is 1. The molecule has 19 heavy (non-hydrogen) atoms. The van der Waals surface area contributed by atoms with E-state index in [0.29, 0.717) is 0 Å². The Morgan fingerprint density at radius 3 is 2.21 bits per heavy atom. The van der Waals surface area contributed by atoms with Crippen LogP contribution in [0.3, 0.4) is 0 Å². The third-order valence-corrected chi connectivity index (χ3v) is 2.49. The fourth-order valence-electron chi connectivity index (χ4n) is 1.17. The Hall–Kier alpha value is -1.84. The molecule has 0 heterocycles. The molecule has 0 bridgehead atoms. The van der Waals surface area contributed by atoms with E-state index in [9.17, 15) is 17.6 Å². The molecule has 0 saturated carbocycles. The molecule has 0 atom stereocenters. The Labute approximate surface area is 113 Å². The van der Waals surface area contributed by atoms with E-state index in [-0.39, 0.29) is 0 Å². The fourth-order valence-corrected chi connectivity index (χ4v) is 1.70. The van der Waals surface area contributed by atoms with Gasteiger partial charge in [0.2, 0.25) is 5.96 Å². The van der Waals surface area contributed by atoms with Crippen molar-refractivity contribution in [3.05, 3.63) is 28.0 Å². The zero-order valence-corrected chi connectivity index (χ0v) is 10.8. The lowest BCUT2D eigenvalue weighted by Gasteiger charge is -2.11. The first-order valence-corrected chi connectivity index (χ1v) is 5.41. The molecule has 0 amide bonds. The first kappa shape index (κ1) is 15.2. The maximum absolute atomic E-state index is 13.7. The van der Waals surface area contributed by atoms with Gasteiger partial charge >= 0.3 is 6.18 Å². The van der Waals surface area contributed by atoms with Crippen molar-refractivity contribution in [1.29, 1.82) is 0 Å². The van der Waals surface area contributed by atoms with E-state index >= 15 is 0 Å². The van der Waals surface area contributed by atoms with E-state index in [1.807, 2.05) is 0 Å². The first-order valence-electron chi connectivity index (χ1n) is 4.62. The summed E-state index contributed by atoms with van der Waals surface area (Å²) in [5.41, 5.74) is 13.1. The summed E-state index contributed by atoms with van der Waals surface area (Å²) < 4.78 is 51.1. The molecule has 10 heteroatoms. The molecule has 1 rings (SSSR count). The van der Waals surface area contributed by atoms with Crippen molar-refractivity contribution in [2.45, 2.75) is 6.18 Å². The van der Waals surface area contributed by atoms with Gasteiger partial charge in [-0.2, -0.15) is 18.2 Å². The first-order chi connectivity index (χ1) is 8.62. The van der Waals surface area contributed by atoms with Gasteiger partial charge in [-0.15, -0.1) is 0 Å². The second kappa shape index (κ2) is 5.43. The standard InChI is InChI=1S/C9H8BrF4N5/c10-3-1-2-4(18-8(17)19-7(15)16)6(11)5(3)9(12,13)14/h1-2H,(H6,15,16,17,18,19). The van der Waals surface area contributed by atoms with Gasteiger partial charge in [0, 0.05) is 4.47 Å². The molecule has 0 spiro atoms. The number of halogens is 5. The Morgan fingerprint density at radius 1 is 1.16 bits per heavy atom. The van der Waals surface area contributed by atoms with Crippen LogP contribution < -0.4 is 17.2 Å². The minimum absolute atomic E-state index is 0.447. The predicted octanol–water partition coefficient (Wildman–Crippen LogP) is 1.83. The predicted molar refractivity (Wildman–Crippen MR) is 66.2 cm³/mol. The lowest BCUT2D eigenvalue weighted by Crippen LogP contribution is -2.26. The van der Waals surface area contributed by atoms with Crippen LogP contribution in [-0.2, 0) is 6.18 Å². The Morgan fingerprint density at radius 2 is 1.74 bits per heavy atom. The van der Waals surface area contributed by atoms with Gasteiger partial charge < -0.3 is 17.2 Å². The smallest absolute Gasteiger partial charge is 0.370 e. The molecular formula is C9H8BrF4N5.